The molecule has 90 valence electrons. The van der Waals surface area contributed by atoms with Gasteiger partial charge in [0.25, 0.3) is 0 Å². The molecule has 2 aromatic rings. The Morgan fingerprint density at radius 3 is 3.06 bits per heavy atom. The van der Waals surface area contributed by atoms with Crippen molar-refractivity contribution in [2.45, 2.75) is 19.5 Å². The number of pyridine rings is 1. The van der Waals surface area contributed by atoms with Crippen LogP contribution in [0.5, 0.6) is 0 Å². The fourth-order valence-corrected chi connectivity index (χ4v) is 1.53. The predicted octanol–water partition coefficient (Wildman–Crippen LogP) is 1.16. The summed E-state index contributed by atoms with van der Waals surface area (Å²) < 4.78 is 14.7. The second-order valence-corrected chi connectivity index (χ2v) is 3.78. The molecule has 0 aliphatic rings. The van der Waals surface area contributed by atoms with Crippen molar-refractivity contribution >= 4 is 0 Å². The predicted molar refractivity (Wildman–Crippen MR) is 60.6 cm³/mol. The third-order valence-corrected chi connectivity index (χ3v) is 2.49. The van der Waals surface area contributed by atoms with E-state index >= 15 is 0 Å². The summed E-state index contributed by atoms with van der Waals surface area (Å²) in [5, 5.41) is 10.8. The second-order valence-electron chi connectivity index (χ2n) is 3.78. The molecule has 0 fully saturated rings. The molecule has 6 heteroatoms. The van der Waals surface area contributed by atoms with Gasteiger partial charge in [0.2, 0.25) is 0 Å². The second kappa shape index (κ2) is 5.49. The summed E-state index contributed by atoms with van der Waals surface area (Å²) in [7, 11) is 0. The molecule has 0 aliphatic heterocycles. The smallest absolute Gasteiger partial charge is 0.141 e. The van der Waals surface area contributed by atoms with Crippen LogP contribution in [-0.4, -0.2) is 26.5 Å². The summed E-state index contributed by atoms with van der Waals surface area (Å²) in [6.07, 6.45) is 6.30. The highest BCUT2D eigenvalue weighted by Crippen LogP contribution is 2.11. The lowest BCUT2D eigenvalue weighted by molar-refractivity contribution is 0.496. The molecule has 0 aliphatic carbocycles. The van der Waals surface area contributed by atoms with E-state index in [2.05, 4.69) is 20.6 Å². The molecule has 1 atom stereocenters. The minimum absolute atomic E-state index is 0.0571. The first-order valence-electron chi connectivity index (χ1n) is 5.43. The van der Waals surface area contributed by atoms with E-state index in [0.29, 0.717) is 0 Å². The van der Waals surface area contributed by atoms with Gasteiger partial charge in [0, 0.05) is 25.0 Å². The largest absolute Gasteiger partial charge is 0.308 e. The van der Waals surface area contributed by atoms with E-state index < -0.39 is 0 Å². The third-order valence-electron chi connectivity index (χ3n) is 2.49. The van der Waals surface area contributed by atoms with Crippen LogP contribution in [-0.2, 0) is 6.54 Å². The molecule has 0 saturated heterocycles. The van der Waals surface area contributed by atoms with Crippen molar-refractivity contribution in [2.24, 2.45) is 0 Å². The Kier molecular flexibility index (Phi) is 3.77. The van der Waals surface area contributed by atoms with Gasteiger partial charge in [-0.3, -0.25) is 9.67 Å². The summed E-state index contributed by atoms with van der Waals surface area (Å²) in [6.45, 7) is 3.44. The first kappa shape index (κ1) is 11.7. The number of nitrogens with zero attached hydrogens (tertiary/aromatic N) is 4. The molecule has 0 amide bonds. The number of nitrogens with one attached hydrogen (secondary N) is 1. The molecular formula is C11H14FN5. The van der Waals surface area contributed by atoms with Gasteiger partial charge in [-0.1, -0.05) is 5.21 Å². The number of halogens is 1. The number of aromatic nitrogens is 4. The maximum absolute atomic E-state index is 13.0. The van der Waals surface area contributed by atoms with Gasteiger partial charge in [0.1, 0.15) is 5.82 Å². The third kappa shape index (κ3) is 3.32. The lowest BCUT2D eigenvalue weighted by Gasteiger charge is -2.13. The van der Waals surface area contributed by atoms with Crippen LogP contribution < -0.4 is 5.32 Å². The number of rotatable bonds is 5. The molecule has 2 rings (SSSR count). The standard InChI is InChI=1S/C11H14FN5/c1-9(10-6-11(12)8-13-7-10)14-2-4-17-5-3-15-16-17/h3,5-9,14H,2,4H2,1H3. The van der Waals surface area contributed by atoms with Crippen LogP contribution in [0.4, 0.5) is 4.39 Å². The zero-order valence-electron chi connectivity index (χ0n) is 9.55. The van der Waals surface area contributed by atoms with Crippen LogP contribution in [0.25, 0.3) is 0 Å². The molecule has 2 heterocycles. The topological polar surface area (TPSA) is 55.6 Å². The average molecular weight is 235 g/mol. The molecular weight excluding hydrogens is 221 g/mol. The summed E-state index contributed by atoms with van der Waals surface area (Å²) in [6, 6.07) is 1.54. The van der Waals surface area contributed by atoms with Gasteiger partial charge < -0.3 is 5.32 Å². The number of hydrogen-bond acceptors (Lipinski definition) is 4. The maximum Gasteiger partial charge on any atom is 0.141 e. The van der Waals surface area contributed by atoms with Crippen molar-refractivity contribution in [1.82, 2.24) is 25.3 Å². The van der Waals surface area contributed by atoms with Crippen LogP contribution in [0.3, 0.4) is 0 Å². The molecule has 1 N–H and O–H groups in total. The summed E-state index contributed by atoms with van der Waals surface area (Å²) in [5.74, 6) is -0.313. The molecule has 2 aromatic heterocycles. The molecule has 1 unspecified atom stereocenters. The Hall–Kier alpha value is -1.82. The molecule has 0 aromatic carbocycles. The summed E-state index contributed by atoms with van der Waals surface area (Å²) in [5.41, 5.74) is 0.837. The van der Waals surface area contributed by atoms with E-state index in [9.17, 15) is 4.39 Å². The van der Waals surface area contributed by atoms with Crippen molar-refractivity contribution < 1.29 is 4.39 Å². The van der Waals surface area contributed by atoms with Gasteiger partial charge in [-0.25, -0.2) is 4.39 Å². The van der Waals surface area contributed by atoms with Gasteiger partial charge in [-0.2, -0.15) is 0 Å². The highest BCUT2D eigenvalue weighted by atomic mass is 19.1. The van der Waals surface area contributed by atoms with E-state index in [1.165, 1.54) is 12.3 Å². The minimum Gasteiger partial charge on any atom is -0.308 e. The van der Waals surface area contributed by atoms with Crippen molar-refractivity contribution in [1.29, 1.82) is 0 Å². The van der Waals surface area contributed by atoms with Crippen molar-refractivity contribution in [3.63, 3.8) is 0 Å². The molecule has 0 saturated carbocycles. The Morgan fingerprint density at radius 2 is 2.35 bits per heavy atom. The zero-order valence-corrected chi connectivity index (χ0v) is 9.55. The van der Waals surface area contributed by atoms with Gasteiger partial charge in [0.15, 0.2) is 0 Å². The monoisotopic (exact) mass is 235 g/mol. The average Bonchev–Trinajstić information content (AvgIpc) is 2.82. The molecule has 17 heavy (non-hydrogen) atoms. The fourth-order valence-electron chi connectivity index (χ4n) is 1.53. The van der Waals surface area contributed by atoms with Crippen LogP contribution in [0.2, 0.25) is 0 Å². The van der Waals surface area contributed by atoms with Gasteiger partial charge in [-0.15, -0.1) is 5.10 Å². The quantitative estimate of drug-likeness (QED) is 0.845. The maximum atomic E-state index is 13.0. The Bertz CT molecular complexity index is 457. The van der Waals surface area contributed by atoms with Crippen molar-refractivity contribution in [3.8, 4) is 0 Å². The van der Waals surface area contributed by atoms with Crippen molar-refractivity contribution in [2.75, 3.05) is 6.54 Å². The van der Waals surface area contributed by atoms with E-state index in [-0.39, 0.29) is 11.9 Å². The normalized spacial score (nSPS) is 12.6. The highest BCUT2D eigenvalue weighted by molar-refractivity contribution is 5.14. The molecule has 0 radical (unpaired) electrons. The fraction of sp³-hybridized carbons (Fsp3) is 0.364. The minimum atomic E-state index is -0.313. The van der Waals surface area contributed by atoms with Gasteiger partial charge in [-0.05, 0) is 18.6 Å². The molecule has 5 nitrogen and oxygen atoms in total. The van der Waals surface area contributed by atoms with Gasteiger partial charge >= 0.3 is 0 Å². The van der Waals surface area contributed by atoms with E-state index in [4.69, 9.17) is 0 Å². The summed E-state index contributed by atoms with van der Waals surface area (Å²) >= 11 is 0. The van der Waals surface area contributed by atoms with Gasteiger partial charge in [0.05, 0.1) is 18.9 Å². The van der Waals surface area contributed by atoms with Crippen molar-refractivity contribution in [3.05, 3.63) is 42.2 Å². The SMILES string of the molecule is CC(NCCn1ccnn1)c1cncc(F)c1. The Morgan fingerprint density at radius 1 is 1.47 bits per heavy atom. The van der Waals surface area contributed by atoms with Crippen LogP contribution in [0.1, 0.15) is 18.5 Å². The highest BCUT2D eigenvalue weighted by Gasteiger charge is 2.05. The molecule has 0 spiro atoms. The summed E-state index contributed by atoms with van der Waals surface area (Å²) in [4.78, 5) is 3.82. The van der Waals surface area contributed by atoms with E-state index in [0.717, 1.165) is 18.7 Å². The van der Waals surface area contributed by atoms with E-state index in [1.807, 2.05) is 6.92 Å². The van der Waals surface area contributed by atoms with Crippen LogP contribution >= 0.6 is 0 Å². The zero-order chi connectivity index (χ0) is 12.1. The van der Waals surface area contributed by atoms with E-state index in [1.54, 1.807) is 23.3 Å². The first-order chi connectivity index (χ1) is 8.25. The molecule has 0 bridgehead atoms. The lowest BCUT2D eigenvalue weighted by Crippen LogP contribution is -2.23. The number of hydrogen-bond donors (Lipinski definition) is 1. The van der Waals surface area contributed by atoms with Crippen LogP contribution in [0.15, 0.2) is 30.9 Å². The Labute approximate surface area is 98.7 Å². The van der Waals surface area contributed by atoms with Crippen LogP contribution in [0, 0.1) is 5.82 Å². The Balaban J connectivity index is 1.83. The first-order valence-corrected chi connectivity index (χ1v) is 5.43. The lowest BCUT2D eigenvalue weighted by atomic mass is 10.1.